The van der Waals surface area contributed by atoms with Crippen LogP contribution in [0.25, 0.3) is 10.9 Å². The Bertz CT molecular complexity index is 869. The highest BCUT2D eigenvalue weighted by Gasteiger charge is 2.22. The van der Waals surface area contributed by atoms with E-state index >= 15 is 0 Å². The maximum absolute atomic E-state index is 13.7. The number of rotatable bonds is 2. The van der Waals surface area contributed by atoms with Gasteiger partial charge >= 0.3 is 0 Å². The summed E-state index contributed by atoms with van der Waals surface area (Å²) in [5, 5.41) is 0.240. The molecule has 106 valence electrons. The molecule has 0 aliphatic carbocycles. The number of ketones is 1. The Balaban J connectivity index is 2.17. The zero-order valence-corrected chi connectivity index (χ0v) is 10.4. The van der Waals surface area contributed by atoms with Crippen molar-refractivity contribution in [1.29, 1.82) is 0 Å². The Hall–Kier alpha value is -2.63. The molecule has 6 heteroatoms. The van der Waals surface area contributed by atoms with Gasteiger partial charge in [-0.15, -0.1) is 0 Å². The van der Waals surface area contributed by atoms with Crippen LogP contribution in [0.5, 0.6) is 0 Å². The molecule has 1 heterocycles. The highest BCUT2D eigenvalue weighted by atomic mass is 19.2. The number of aromatic amines is 1. The van der Waals surface area contributed by atoms with Gasteiger partial charge in [0.2, 0.25) is 0 Å². The Kier molecular flexibility index (Phi) is 3.01. The number of fused-ring (bicyclic) bond motifs is 1. The van der Waals surface area contributed by atoms with E-state index in [1.807, 2.05) is 0 Å². The first-order valence-electron chi connectivity index (χ1n) is 5.94. The van der Waals surface area contributed by atoms with E-state index in [0.29, 0.717) is 11.6 Å². The van der Waals surface area contributed by atoms with Gasteiger partial charge in [-0.05, 0) is 30.3 Å². The predicted molar refractivity (Wildman–Crippen MR) is 68.0 cm³/mol. The van der Waals surface area contributed by atoms with Crippen LogP contribution in [-0.4, -0.2) is 10.8 Å². The minimum atomic E-state index is -1.72. The second-order valence-corrected chi connectivity index (χ2v) is 4.44. The summed E-state index contributed by atoms with van der Waals surface area (Å²) in [6, 6.07) is 5.25. The highest BCUT2D eigenvalue weighted by molar-refractivity contribution is 6.16. The molecule has 1 N–H and O–H groups in total. The summed E-state index contributed by atoms with van der Waals surface area (Å²) in [6.45, 7) is 0. The van der Waals surface area contributed by atoms with Gasteiger partial charge in [0, 0.05) is 22.7 Å². The van der Waals surface area contributed by atoms with Gasteiger partial charge < -0.3 is 4.98 Å². The first-order valence-corrected chi connectivity index (χ1v) is 5.94. The second kappa shape index (κ2) is 4.73. The molecule has 3 aromatic rings. The lowest BCUT2D eigenvalue weighted by atomic mass is 10.0. The zero-order chi connectivity index (χ0) is 15.1. The molecule has 0 saturated carbocycles. The molecule has 0 radical (unpaired) electrons. The first kappa shape index (κ1) is 13.4. The molecule has 21 heavy (non-hydrogen) atoms. The summed E-state index contributed by atoms with van der Waals surface area (Å²) < 4.78 is 53.0. The van der Waals surface area contributed by atoms with Gasteiger partial charge in [0.15, 0.2) is 23.2 Å². The third kappa shape index (κ3) is 2.08. The molecule has 0 amide bonds. The van der Waals surface area contributed by atoms with Gasteiger partial charge in [0.1, 0.15) is 5.82 Å². The largest absolute Gasteiger partial charge is 0.360 e. The minimum Gasteiger partial charge on any atom is -0.360 e. The maximum atomic E-state index is 13.7. The van der Waals surface area contributed by atoms with Crippen LogP contribution in [0, 0.1) is 23.3 Å². The molecule has 0 aliphatic heterocycles. The minimum absolute atomic E-state index is 0.0191. The third-order valence-corrected chi connectivity index (χ3v) is 3.17. The normalized spacial score (nSPS) is 11.0. The molecule has 0 saturated heterocycles. The fraction of sp³-hybridized carbons (Fsp3) is 0. The smallest absolute Gasteiger partial charge is 0.198 e. The SMILES string of the molecule is O=C(c1ccc(F)c(F)c1F)c1c[nH]c2ccc(F)cc12. The van der Waals surface area contributed by atoms with Crippen LogP contribution in [0.2, 0.25) is 0 Å². The van der Waals surface area contributed by atoms with E-state index < -0.39 is 34.6 Å². The van der Waals surface area contributed by atoms with Crippen molar-refractivity contribution in [2.45, 2.75) is 0 Å². The van der Waals surface area contributed by atoms with Gasteiger partial charge in [-0.1, -0.05) is 0 Å². The summed E-state index contributed by atoms with van der Waals surface area (Å²) in [4.78, 5) is 15.0. The molecular formula is C15H7F4NO. The van der Waals surface area contributed by atoms with Crippen LogP contribution < -0.4 is 0 Å². The van der Waals surface area contributed by atoms with Crippen molar-refractivity contribution in [3.8, 4) is 0 Å². The van der Waals surface area contributed by atoms with E-state index in [0.717, 1.165) is 12.1 Å². The number of nitrogens with one attached hydrogen (secondary N) is 1. The van der Waals surface area contributed by atoms with Crippen LogP contribution in [0.3, 0.4) is 0 Å². The van der Waals surface area contributed by atoms with E-state index in [9.17, 15) is 22.4 Å². The number of benzene rings is 2. The molecule has 0 spiro atoms. The van der Waals surface area contributed by atoms with Crippen LogP contribution in [-0.2, 0) is 0 Å². The lowest BCUT2D eigenvalue weighted by molar-refractivity contribution is 0.103. The van der Waals surface area contributed by atoms with E-state index in [-0.39, 0.29) is 10.9 Å². The summed E-state index contributed by atoms with van der Waals surface area (Å²) in [5.41, 5.74) is -0.156. The standard InChI is InChI=1S/C15H7F4NO/c16-7-1-4-12-9(5-7)10(6-20-12)15(21)8-2-3-11(17)14(19)13(8)18/h1-6,20H. The maximum Gasteiger partial charge on any atom is 0.198 e. The van der Waals surface area contributed by atoms with Crippen molar-refractivity contribution in [3.05, 3.63) is 70.9 Å². The molecule has 0 bridgehead atoms. The van der Waals surface area contributed by atoms with Crippen molar-refractivity contribution in [2.24, 2.45) is 0 Å². The Morgan fingerprint density at radius 2 is 1.67 bits per heavy atom. The fourth-order valence-electron chi connectivity index (χ4n) is 2.13. The monoisotopic (exact) mass is 293 g/mol. The van der Waals surface area contributed by atoms with E-state index in [4.69, 9.17) is 0 Å². The molecule has 1 aromatic heterocycles. The Morgan fingerprint density at radius 1 is 0.905 bits per heavy atom. The predicted octanol–water partition coefficient (Wildman–Crippen LogP) is 3.96. The second-order valence-electron chi connectivity index (χ2n) is 4.44. The molecule has 0 aliphatic rings. The number of carbonyl (C=O) groups is 1. The number of H-pyrrole nitrogens is 1. The van der Waals surface area contributed by atoms with Crippen LogP contribution in [0.1, 0.15) is 15.9 Å². The molecule has 0 atom stereocenters. The van der Waals surface area contributed by atoms with Crippen molar-refractivity contribution < 1.29 is 22.4 Å². The van der Waals surface area contributed by atoms with Gasteiger partial charge in [0.25, 0.3) is 0 Å². The van der Waals surface area contributed by atoms with Gasteiger partial charge in [0.05, 0.1) is 5.56 Å². The number of halogens is 4. The first-order chi connectivity index (χ1) is 9.99. The number of hydrogen-bond donors (Lipinski definition) is 1. The molecule has 0 unspecified atom stereocenters. The summed E-state index contributed by atoms with van der Waals surface area (Å²) >= 11 is 0. The lowest BCUT2D eigenvalue weighted by Gasteiger charge is -2.03. The summed E-state index contributed by atoms with van der Waals surface area (Å²) in [7, 11) is 0. The van der Waals surface area contributed by atoms with E-state index in [1.165, 1.54) is 18.3 Å². The average Bonchev–Trinajstić information content (AvgIpc) is 2.87. The third-order valence-electron chi connectivity index (χ3n) is 3.17. The van der Waals surface area contributed by atoms with Crippen molar-refractivity contribution in [3.63, 3.8) is 0 Å². The van der Waals surface area contributed by atoms with Crippen LogP contribution >= 0.6 is 0 Å². The summed E-state index contributed by atoms with van der Waals surface area (Å²) in [5.74, 6) is -6.09. The van der Waals surface area contributed by atoms with Gasteiger partial charge in [-0.2, -0.15) is 0 Å². The summed E-state index contributed by atoms with van der Waals surface area (Å²) in [6.07, 6.45) is 1.27. The van der Waals surface area contributed by atoms with Crippen LogP contribution in [0.4, 0.5) is 17.6 Å². The van der Waals surface area contributed by atoms with Crippen LogP contribution in [0.15, 0.2) is 36.5 Å². The van der Waals surface area contributed by atoms with Gasteiger partial charge in [-0.3, -0.25) is 4.79 Å². The number of hydrogen-bond acceptors (Lipinski definition) is 1. The highest BCUT2D eigenvalue weighted by Crippen LogP contribution is 2.24. The number of aromatic nitrogens is 1. The molecular weight excluding hydrogens is 286 g/mol. The average molecular weight is 293 g/mol. The zero-order valence-electron chi connectivity index (χ0n) is 10.4. The Morgan fingerprint density at radius 3 is 2.43 bits per heavy atom. The van der Waals surface area contributed by atoms with Crippen molar-refractivity contribution >= 4 is 16.7 Å². The molecule has 3 rings (SSSR count). The van der Waals surface area contributed by atoms with E-state index in [1.54, 1.807) is 0 Å². The van der Waals surface area contributed by atoms with Crippen molar-refractivity contribution in [1.82, 2.24) is 4.98 Å². The number of carbonyl (C=O) groups excluding carboxylic acids is 1. The molecule has 2 aromatic carbocycles. The quantitative estimate of drug-likeness (QED) is 0.433. The van der Waals surface area contributed by atoms with E-state index in [2.05, 4.69) is 4.98 Å². The lowest BCUT2D eigenvalue weighted by Crippen LogP contribution is -2.06. The fourth-order valence-corrected chi connectivity index (χ4v) is 2.13. The molecule has 0 fully saturated rings. The Labute approximate surface area is 116 Å². The van der Waals surface area contributed by atoms with Gasteiger partial charge in [-0.25, -0.2) is 17.6 Å². The van der Waals surface area contributed by atoms with Crippen molar-refractivity contribution in [2.75, 3.05) is 0 Å². The molecule has 2 nitrogen and oxygen atoms in total. The topological polar surface area (TPSA) is 32.9 Å².